The van der Waals surface area contributed by atoms with E-state index >= 15 is 0 Å². The fraction of sp³-hybridized carbons (Fsp3) is 0.652. The minimum absolute atomic E-state index is 0.0158. The second-order valence-electron chi connectivity index (χ2n) is 8.31. The van der Waals surface area contributed by atoms with Crippen LogP contribution in [0.2, 0.25) is 0 Å². The Morgan fingerprint density at radius 3 is 2.39 bits per heavy atom. The molecule has 1 aliphatic carbocycles. The molecule has 1 N–H and O–H groups in total. The highest BCUT2D eigenvalue weighted by Gasteiger charge is 2.27. The van der Waals surface area contributed by atoms with Crippen molar-refractivity contribution in [3.05, 3.63) is 35.4 Å². The molecular weight excluding hydrogens is 350 g/mol. The number of nitrogens with one attached hydrogen (secondary N) is 1. The van der Waals surface area contributed by atoms with Crippen molar-refractivity contribution in [2.75, 3.05) is 26.2 Å². The summed E-state index contributed by atoms with van der Waals surface area (Å²) in [5.41, 5.74) is 1.76. The van der Waals surface area contributed by atoms with E-state index in [1.54, 1.807) is 0 Å². The van der Waals surface area contributed by atoms with Gasteiger partial charge in [-0.05, 0) is 51.2 Å². The van der Waals surface area contributed by atoms with E-state index in [9.17, 15) is 9.59 Å². The highest BCUT2D eigenvalue weighted by atomic mass is 16.2. The number of nitrogens with zero attached hydrogens (tertiary/aromatic N) is 2. The third-order valence-corrected chi connectivity index (χ3v) is 6.35. The van der Waals surface area contributed by atoms with Gasteiger partial charge in [-0.3, -0.25) is 14.5 Å². The summed E-state index contributed by atoms with van der Waals surface area (Å²) in [5, 5.41) is 3.17. The standard InChI is InChI=1S/C23H35N3O2/c1-3-26(20-10-5-4-6-11-20)22(27)17-25-15-13-19(14-16-25)24-23(28)21-12-8-7-9-18(21)2/h7-9,12,19-20H,3-6,10-11,13-17H2,1-2H3,(H,24,28). The van der Waals surface area contributed by atoms with E-state index < -0.39 is 0 Å². The van der Waals surface area contributed by atoms with Crippen molar-refractivity contribution in [1.29, 1.82) is 0 Å². The van der Waals surface area contributed by atoms with E-state index in [2.05, 4.69) is 22.0 Å². The Hall–Kier alpha value is -1.88. The van der Waals surface area contributed by atoms with Gasteiger partial charge >= 0.3 is 0 Å². The third kappa shape index (κ3) is 5.34. The molecule has 28 heavy (non-hydrogen) atoms. The number of hydrogen-bond donors (Lipinski definition) is 1. The minimum atomic E-state index is 0.0158. The summed E-state index contributed by atoms with van der Waals surface area (Å²) in [6, 6.07) is 8.34. The molecule has 1 heterocycles. The van der Waals surface area contributed by atoms with Crippen molar-refractivity contribution in [3.8, 4) is 0 Å². The molecule has 3 rings (SSSR count). The number of piperidine rings is 1. The molecule has 0 bridgehead atoms. The lowest BCUT2D eigenvalue weighted by molar-refractivity contribution is -0.135. The smallest absolute Gasteiger partial charge is 0.251 e. The van der Waals surface area contributed by atoms with Crippen LogP contribution in [0.15, 0.2) is 24.3 Å². The van der Waals surface area contributed by atoms with Gasteiger partial charge in [0.2, 0.25) is 5.91 Å². The maximum absolute atomic E-state index is 12.8. The predicted octanol–water partition coefficient (Wildman–Crippen LogP) is 3.37. The average Bonchev–Trinajstić information content (AvgIpc) is 2.71. The topological polar surface area (TPSA) is 52.7 Å². The molecule has 1 saturated carbocycles. The van der Waals surface area contributed by atoms with Gasteiger partial charge in [-0.2, -0.15) is 0 Å². The molecule has 1 aromatic rings. The van der Waals surface area contributed by atoms with Crippen molar-refractivity contribution < 1.29 is 9.59 Å². The van der Waals surface area contributed by atoms with Crippen molar-refractivity contribution in [3.63, 3.8) is 0 Å². The summed E-state index contributed by atoms with van der Waals surface area (Å²) in [7, 11) is 0. The molecule has 2 aliphatic rings. The van der Waals surface area contributed by atoms with Crippen LogP contribution < -0.4 is 5.32 Å². The molecule has 1 aliphatic heterocycles. The quantitative estimate of drug-likeness (QED) is 0.817. The number of carbonyl (C=O) groups is 2. The number of hydrogen-bond acceptors (Lipinski definition) is 3. The van der Waals surface area contributed by atoms with Crippen LogP contribution in [0.1, 0.15) is 67.8 Å². The number of likely N-dealkylation sites (N-methyl/N-ethyl adjacent to an activating group) is 1. The van der Waals surface area contributed by atoms with Gasteiger partial charge in [0.15, 0.2) is 0 Å². The summed E-state index contributed by atoms with van der Waals surface area (Å²) in [4.78, 5) is 29.7. The fourth-order valence-electron chi connectivity index (χ4n) is 4.64. The molecular formula is C23H35N3O2. The Labute approximate surface area is 169 Å². The second kappa shape index (κ2) is 10.1. The number of rotatable bonds is 6. The number of likely N-dealkylation sites (tertiary alicyclic amines) is 1. The molecule has 154 valence electrons. The van der Waals surface area contributed by atoms with E-state index in [1.165, 1.54) is 19.3 Å². The van der Waals surface area contributed by atoms with Crippen LogP contribution in [0.25, 0.3) is 0 Å². The van der Waals surface area contributed by atoms with Gasteiger partial charge in [-0.1, -0.05) is 37.5 Å². The molecule has 0 spiro atoms. The molecule has 5 nitrogen and oxygen atoms in total. The van der Waals surface area contributed by atoms with Crippen molar-refractivity contribution >= 4 is 11.8 Å². The summed E-state index contributed by atoms with van der Waals surface area (Å²) >= 11 is 0. The number of benzene rings is 1. The van der Waals surface area contributed by atoms with Crippen molar-refractivity contribution in [2.45, 2.75) is 70.9 Å². The van der Waals surface area contributed by atoms with Crippen LogP contribution in [0.5, 0.6) is 0 Å². The average molecular weight is 386 g/mol. The summed E-state index contributed by atoms with van der Waals surface area (Å²) in [6.45, 7) is 7.13. The van der Waals surface area contributed by atoms with E-state index in [0.717, 1.165) is 56.4 Å². The van der Waals surface area contributed by atoms with E-state index in [4.69, 9.17) is 0 Å². The molecule has 0 aromatic heterocycles. The first-order valence-corrected chi connectivity index (χ1v) is 11.0. The number of amides is 2. The van der Waals surface area contributed by atoms with Crippen LogP contribution in [-0.2, 0) is 4.79 Å². The first-order valence-electron chi connectivity index (χ1n) is 11.0. The predicted molar refractivity (Wildman–Crippen MR) is 112 cm³/mol. The second-order valence-corrected chi connectivity index (χ2v) is 8.31. The zero-order chi connectivity index (χ0) is 19.9. The third-order valence-electron chi connectivity index (χ3n) is 6.35. The lowest BCUT2D eigenvalue weighted by Gasteiger charge is -2.37. The van der Waals surface area contributed by atoms with Gasteiger partial charge < -0.3 is 10.2 Å². The van der Waals surface area contributed by atoms with Crippen LogP contribution in [0.3, 0.4) is 0 Å². The van der Waals surface area contributed by atoms with E-state index in [-0.39, 0.29) is 17.9 Å². The first-order chi connectivity index (χ1) is 13.6. The Balaban J connectivity index is 1.45. The Morgan fingerprint density at radius 2 is 1.75 bits per heavy atom. The van der Waals surface area contributed by atoms with E-state index in [0.29, 0.717) is 12.6 Å². The molecule has 1 aromatic carbocycles. The van der Waals surface area contributed by atoms with E-state index in [1.807, 2.05) is 31.2 Å². The largest absolute Gasteiger partial charge is 0.349 e. The number of carbonyl (C=O) groups excluding carboxylic acids is 2. The maximum atomic E-state index is 12.8. The maximum Gasteiger partial charge on any atom is 0.251 e. The van der Waals surface area contributed by atoms with Crippen molar-refractivity contribution in [1.82, 2.24) is 15.1 Å². The normalized spacial score (nSPS) is 19.4. The van der Waals surface area contributed by atoms with Gasteiger partial charge in [-0.25, -0.2) is 0 Å². The zero-order valence-electron chi connectivity index (χ0n) is 17.5. The first kappa shape index (κ1) is 20.8. The molecule has 2 fully saturated rings. The van der Waals surface area contributed by atoms with Crippen LogP contribution in [0, 0.1) is 6.92 Å². The minimum Gasteiger partial charge on any atom is -0.349 e. The summed E-state index contributed by atoms with van der Waals surface area (Å²) in [5.74, 6) is 0.291. The molecule has 2 amide bonds. The van der Waals surface area contributed by atoms with Gasteiger partial charge in [0.05, 0.1) is 6.54 Å². The lowest BCUT2D eigenvalue weighted by atomic mass is 9.94. The summed E-state index contributed by atoms with van der Waals surface area (Å²) in [6.07, 6.45) is 7.94. The van der Waals surface area contributed by atoms with Crippen LogP contribution in [-0.4, -0.2) is 59.9 Å². The van der Waals surface area contributed by atoms with Crippen LogP contribution >= 0.6 is 0 Å². The van der Waals surface area contributed by atoms with Gasteiger partial charge in [0.1, 0.15) is 0 Å². The molecule has 0 atom stereocenters. The van der Waals surface area contributed by atoms with Crippen molar-refractivity contribution in [2.24, 2.45) is 0 Å². The lowest BCUT2D eigenvalue weighted by Crippen LogP contribution is -2.50. The number of aryl methyl sites for hydroxylation is 1. The summed E-state index contributed by atoms with van der Waals surface area (Å²) < 4.78 is 0. The zero-order valence-corrected chi connectivity index (χ0v) is 17.5. The Kier molecular flexibility index (Phi) is 7.49. The molecule has 0 radical (unpaired) electrons. The highest BCUT2D eigenvalue weighted by Crippen LogP contribution is 2.23. The molecule has 0 unspecified atom stereocenters. The highest BCUT2D eigenvalue weighted by molar-refractivity contribution is 5.95. The van der Waals surface area contributed by atoms with Crippen LogP contribution in [0.4, 0.5) is 0 Å². The molecule has 5 heteroatoms. The SMILES string of the molecule is CCN(C(=O)CN1CCC(NC(=O)c2ccccc2C)CC1)C1CCCCC1. The Bertz CT molecular complexity index is 662. The monoisotopic (exact) mass is 385 g/mol. The Morgan fingerprint density at radius 1 is 1.07 bits per heavy atom. The fourth-order valence-corrected chi connectivity index (χ4v) is 4.64. The molecule has 1 saturated heterocycles. The van der Waals surface area contributed by atoms with Gasteiger partial charge in [0.25, 0.3) is 5.91 Å². The van der Waals surface area contributed by atoms with Gasteiger partial charge in [-0.15, -0.1) is 0 Å². The van der Waals surface area contributed by atoms with Gasteiger partial charge in [0, 0.05) is 37.3 Å².